The molecule has 31 heavy (non-hydrogen) atoms. The van der Waals surface area contributed by atoms with Crippen LogP contribution in [-0.4, -0.2) is 23.0 Å². The van der Waals surface area contributed by atoms with Crippen LogP contribution < -0.4 is 16.4 Å². The van der Waals surface area contributed by atoms with E-state index in [9.17, 15) is 9.59 Å². The van der Waals surface area contributed by atoms with Crippen molar-refractivity contribution in [2.45, 2.75) is 56.5 Å². The maximum Gasteiger partial charge on any atom is 0.231 e. The minimum atomic E-state index is -0.453. The summed E-state index contributed by atoms with van der Waals surface area (Å²) >= 11 is 5.98. The number of hydrogen-bond donors (Lipinski definition) is 3. The van der Waals surface area contributed by atoms with Crippen LogP contribution in [0, 0.1) is 11.8 Å². The number of nitrogens with zero attached hydrogens (tertiary/aromatic N) is 1. The lowest BCUT2D eigenvalue weighted by atomic mass is 9.79. The zero-order valence-corrected chi connectivity index (χ0v) is 18.3. The van der Waals surface area contributed by atoms with Gasteiger partial charge in [0.15, 0.2) is 0 Å². The van der Waals surface area contributed by atoms with Crippen molar-refractivity contribution in [3.63, 3.8) is 0 Å². The summed E-state index contributed by atoms with van der Waals surface area (Å²) in [5.74, 6) is 0.523. The van der Waals surface area contributed by atoms with Crippen LogP contribution in [0.15, 0.2) is 48.8 Å². The Morgan fingerprint density at radius 2 is 1.71 bits per heavy atom. The number of rotatable bonds is 7. The molecule has 2 saturated carbocycles. The maximum atomic E-state index is 12.9. The van der Waals surface area contributed by atoms with Crippen molar-refractivity contribution in [3.8, 4) is 0 Å². The first kappa shape index (κ1) is 21.8. The molecule has 2 aliphatic carbocycles. The molecule has 2 fully saturated rings. The van der Waals surface area contributed by atoms with Crippen LogP contribution in [-0.2, 0) is 15.0 Å². The molecule has 6 nitrogen and oxygen atoms in total. The molecule has 4 rings (SSSR count). The van der Waals surface area contributed by atoms with Crippen LogP contribution in [0.4, 0.5) is 5.69 Å². The Labute approximate surface area is 188 Å². The third-order valence-electron chi connectivity index (χ3n) is 6.65. The Balaban J connectivity index is 1.23. The molecule has 0 aliphatic heterocycles. The van der Waals surface area contributed by atoms with E-state index in [4.69, 9.17) is 17.3 Å². The number of pyridine rings is 1. The van der Waals surface area contributed by atoms with Gasteiger partial charge in [-0.3, -0.25) is 14.6 Å². The second-order valence-corrected chi connectivity index (χ2v) is 9.28. The lowest BCUT2D eigenvalue weighted by molar-refractivity contribution is -0.124. The summed E-state index contributed by atoms with van der Waals surface area (Å²) in [5, 5.41) is 6.67. The number of carbonyl (C=O) groups excluding carboxylic acids is 2. The molecule has 2 amide bonds. The summed E-state index contributed by atoms with van der Waals surface area (Å²) in [6.45, 7) is 0. The summed E-state index contributed by atoms with van der Waals surface area (Å²) in [4.78, 5) is 29.4. The van der Waals surface area contributed by atoms with Gasteiger partial charge in [-0.2, -0.15) is 0 Å². The summed E-state index contributed by atoms with van der Waals surface area (Å²) in [6, 6.07) is 11.1. The third-order valence-corrected chi connectivity index (χ3v) is 6.90. The number of nitrogens with two attached hydrogens (primary N) is 1. The van der Waals surface area contributed by atoms with E-state index in [-0.39, 0.29) is 23.9 Å². The molecular formula is C24H29ClN4O2. The SMILES string of the molecule is NC(CC1CCC(C(=O)Nc2ccncc2)CC1)NC(=O)C1(c2ccc(Cl)cc2)CC1. The van der Waals surface area contributed by atoms with Crippen LogP contribution >= 0.6 is 11.6 Å². The number of carbonyl (C=O) groups is 2. The van der Waals surface area contributed by atoms with E-state index < -0.39 is 5.41 Å². The zero-order chi connectivity index (χ0) is 21.8. The topological polar surface area (TPSA) is 97.1 Å². The van der Waals surface area contributed by atoms with Crippen molar-refractivity contribution in [2.24, 2.45) is 17.6 Å². The van der Waals surface area contributed by atoms with Crippen LogP contribution in [0.5, 0.6) is 0 Å². The van der Waals surface area contributed by atoms with Gasteiger partial charge in [-0.15, -0.1) is 0 Å². The smallest absolute Gasteiger partial charge is 0.231 e. The lowest BCUT2D eigenvalue weighted by Crippen LogP contribution is -2.47. The van der Waals surface area contributed by atoms with E-state index >= 15 is 0 Å². The highest BCUT2D eigenvalue weighted by atomic mass is 35.5. The Bertz CT molecular complexity index is 907. The molecule has 2 aromatic rings. The van der Waals surface area contributed by atoms with Crippen LogP contribution in [0.2, 0.25) is 5.02 Å². The Kier molecular flexibility index (Phi) is 6.58. The molecule has 7 heteroatoms. The van der Waals surface area contributed by atoms with Crippen molar-refractivity contribution in [2.75, 3.05) is 5.32 Å². The van der Waals surface area contributed by atoms with Crippen molar-refractivity contribution >= 4 is 29.1 Å². The van der Waals surface area contributed by atoms with Crippen molar-refractivity contribution in [3.05, 3.63) is 59.4 Å². The van der Waals surface area contributed by atoms with E-state index in [0.29, 0.717) is 10.9 Å². The normalized spacial score (nSPS) is 22.9. The number of halogens is 1. The van der Waals surface area contributed by atoms with Gasteiger partial charge in [0, 0.05) is 29.0 Å². The predicted molar refractivity (Wildman–Crippen MR) is 121 cm³/mol. The van der Waals surface area contributed by atoms with Gasteiger partial charge in [0.1, 0.15) is 0 Å². The average Bonchev–Trinajstić information content (AvgIpc) is 3.57. The molecule has 1 atom stereocenters. The summed E-state index contributed by atoms with van der Waals surface area (Å²) in [5.41, 5.74) is 7.62. The summed E-state index contributed by atoms with van der Waals surface area (Å²) in [7, 11) is 0. The van der Waals surface area contributed by atoms with Crippen molar-refractivity contribution in [1.82, 2.24) is 10.3 Å². The molecule has 1 aromatic carbocycles. The maximum absolute atomic E-state index is 12.9. The Hall–Kier alpha value is -2.44. The highest BCUT2D eigenvalue weighted by Gasteiger charge is 2.51. The zero-order valence-electron chi connectivity index (χ0n) is 17.5. The van der Waals surface area contributed by atoms with Gasteiger partial charge in [0.05, 0.1) is 11.6 Å². The second kappa shape index (κ2) is 9.37. The van der Waals surface area contributed by atoms with Crippen molar-refractivity contribution < 1.29 is 9.59 Å². The summed E-state index contributed by atoms with van der Waals surface area (Å²) in [6.07, 6.45) is 8.96. The van der Waals surface area contributed by atoms with E-state index in [1.165, 1.54) is 0 Å². The first-order valence-electron chi connectivity index (χ1n) is 11.0. The molecule has 164 valence electrons. The van der Waals surface area contributed by atoms with Gasteiger partial charge in [-0.05, 0) is 80.7 Å². The van der Waals surface area contributed by atoms with Gasteiger partial charge >= 0.3 is 0 Å². The second-order valence-electron chi connectivity index (χ2n) is 8.85. The molecule has 0 bridgehead atoms. The minimum absolute atomic E-state index is 0.00716. The van der Waals surface area contributed by atoms with E-state index in [2.05, 4.69) is 15.6 Å². The molecule has 2 aliphatic rings. The van der Waals surface area contributed by atoms with Crippen LogP contribution in [0.3, 0.4) is 0 Å². The monoisotopic (exact) mass is 440 g/mol. The molecule has 4 N–H and O–H groups in total. The van der Waals surface area contributed by atoms with Gasteiger partial charge in [0.25, 0.3) is 0 Å². The van der Waals surface area contributed by atoms with Gasteiger partial charge in [-0.1, -0.05) is 23.7 Å². The first-order valence-corrected chi connectivity index (χ1v) is 11.4. The highest BCUT2D eigenvalue weighted by Crippen LogP contribution is 2.48. The number of benzene rings is 1. The largest absolute Gasteiger partial charge is 0.340 e. The van der Waals surface area contributed by atoms with E-state index in [1.54, 1.807) is 24.5 Å². The molecule has 0 saturated heterocycles. The Morgan fingerprint density at radius 1 is 1.06 bits per heavy atom. The number of hydrogen-bond acceptors (Lipinski definition) is 4. The molecule has 1 unspecified atom stereocenters. The summed E-state index contributed by atoms with van der Waals surface area (Å²) < 4.78 is 0. The quantitative estimate of drug-likeness (QED) is 0.567. The molecule has 0 spiro atoms. The standard InChI is InChI=1S/C24H29ClN4O2/c25-19-7-5-18(6-8-19)24(11-12-24)23(31)29-21(26)15-16-1-3-17(4-2-16)22(30)28-20-9-13-27-14-10-20/h5-10,13-14,16-17,21H,1-4,11-12,15,26H2,(H,29,31)(H,27,28,30). The number of aromatic nitrogens is 1. The fraction of sp³-hybridized carbons (Fsp3) is 0.458. The molecule has 0 radical (unpaired) electrons. The fourth-order valence-electron chi connectivity index (χ4n) is 4.61. The molecular weight excluding hydrogens is 412 g/mol. The van der Waals surface area contributed by atoms with Gasteiger partial charge in [0.2, 0.25) is 11.8 Å². The highest BCUT2D eigenvalue weighted by molar-refractivity contribution is 6.30. The van der Waals surface area contributed by atoms with Gasteiger partial charge in [-0.25, -0.2) is 0 Å². The number of amides is 2. The predicted octanol–water partition coefficient (Wildman–Crippen LogP) is 4.00. The fourth-order valence-corrected chi connectivity index (χ4v) is 4.73. The lowest BCUT2D eigenvalue weighted by Gasteiger charge is -2.30. The van der Waals surface area contributed by atoms with E-state index in [0.717, 1.165) is 56.2 Å². The number of nitrogens with one attached hydrogen (secondary N) is 2. The van der Waals surface area contributed by atoms with Crippen molar-refractivity contribution in [1.29, 1.82) is 0 Å². The Morgan fingerprint density at radius 3 is 2.32 bits per heavy atom. The third kappa shape index (κ3) is 5.25. The van der Waals surface area contributed by atoms with E-state index in [1.807, 2.05) is 24.3 Å². The van der Waals surface area contributed by atoms with Crippen LogP contribution in [0.1, 0.15) is 50.5 Å². The average molecular weight is 441 g/mol. The molecule has 1 aromatic heterocycles. The molecule has 1 heterocycles. The number of anilines is 1. The van der Waals surface area contributed by atoms with Crippen LogP contribution in [0.25, 0.3) is 0 Å². The first-order chi connectivity index (χ1) is 15.0. The minimum Gasteiger partial charge on any atom is -0.340 e. The van der Waals surface area contributed by atoms with Gasteiger partial charge < -0.3 is 16.4 Å².